The number of methoxy groups -OCH3 is 2. The van der Waals surface area contributed by atoms with Crippen molar-refractivity contribution >= 4 is 23.1 Å². The van der Waals surface area contributed by atoms with Crippen molar-refractivity contribution in [3.8, 4) is 5.88 Å². The Morgan fingerprint density at radius 2 is 1.69 bits per heavy atom. The second-order valence-corrected chi connectivity index (χ2v) is 7.22. The van der Waals surface area contributed by atoms with Crippen molar-refractivity contribution in [1.29, 1.82) is 0 Å². The van der Waals surface area contributed by atoms with E-state index in [1.165, 1.54) is 5.56 Å². The van der Waals surface area contributed by atoms with Crippen LogP contribution in [0.5, 0.6) is 5.88 Å². The van der Waals surface area contributed by atoms with Crippen LogP contribution in [0.25, 0.3) is 0 Å². The maximum Gasteiger partial charge on any atom is 0.249 e. The summed E-state index contributed by atoms with van der Waals surface area (Å²) in [7, 11) is 5.33. The zero-order chi connectivity index (χ0) is 23.2. The minimum absolute atomic E-state index is 0.402. The summed E-state index contributed by atoms with van der Waals surface area (Å²) < 4.78 is 16.1. The van der Waals surface area contributed by atoms with E-state index in [9.17, 15) is 0 Å². The van der Waals surface area contributed by atoms with Crippen molar-refractivity contribution in [2.45, 2.75) is 33.1 Å². The predicted octanol–water partition coefficient (Wildman–Crippen LogP) is 4.77. The Morgan fingerprint density at radius 1 is 0.969 bits per heavy atom. The van der Waals surface area contributed by atoms with Gasteiger partial charge in [-0.3, -0.25) is 0 Å². The SMILES string of the molecule is CCOc1nc(N(C)CCCOC)nc(NCCCOC)c1N=Nc1ccc(CC)cc1. The number of aromatic nitrogens is 2. The van der Waals surface area contributed by atoms with Gasteiger partial charge < -0.3 is 24.4 Å². The standard InChI is InChI=1S/C23H36N6O3/c1-6-18-10-12-19(13-11-18)27-28-20-21(24-14-8-16-30-4)25-23(26-22(20)32-7-2)29(3)15-9-17-31-5/h10-13H,6-9,14-17H2,1-5H3,(H,24,25,26). The van der Waals surface area contributed by atoms with E-state index in [0.29, 0.717) is 49.7 Å². The number of nitrogens with zero attached hydrogens (tertiary/aromatic N) is 5. The zero-order valence-corrected chi connectivity index (χ0v) is 19.9. The minimum Gasteiger partial charge on any atom is -0.476 e. The maximum atomic E-state index is 5.83. The summed E-state index contributed by atoms with van der Waals surface area (Å²) >= 11 is 0. The lowest BCUT2D eigenvalue weighted by Gasteiger charge is -2.20. The molecular formula is C23H36N6O3. The first-order valence-corrected chi connectivity index (χ1v) is 11.1. The third-order valence-corrected chi connectivity index (χ3v) is 4.73. The summed E-state index contributed by atoms with van der Waals surface area (Å²) in [5.41, 5.74) is 2.50. The lowest BCUT2D eigenvalue weighted by atomic mass is 10.2. The van der Waals surface area contributed by atoms with Crippen LogP contribution in [0, 0.1) is 0 Å². The van der Waals surface area contributed by atoms with Gasteiger partial charge in [-0.05, 0) is 43.9 Å². The molecule has 0 spiro atoms. The van der Waals surface area contributed by atoms with Gasteiger partial charge in [-0.15, -0.1) is 5.11 Å². The van der Waals surface area contributed by atoms with E-state index >= 15 is 0 Å². The minimum atomic E-state index is 0.402. The van der Waals surface area contributed by atoms with Crippen molar-refractivity contribution in [2.24, 2.45) is 10.2 Å². The number of hydrogen-bond donors (Lipinski definition) is 1. The van der Waals surface area contributed by atoms with Crippen molar-refractivity contribution in [1.82, 2.24) is 9.97 Å². The molecule has 176 valence electrons. The Kier molecular flexibility index (Phi) is 11.4. The normalized spacial score (nSPS) is 11.2. The topological polar surface area (TPSA) is 93.5 Å². The molecule has 0 unspecified atom stereocenters. The van der Waals surface area contributed by atoms with E-state index in [0.717, 1.165) is 31.5 Å². The summed E-state index contributed by atoms with van der Waals surface area (Å²) in [6, 6.07) is 8.01. The molecule has 0 bridgehead atoms. The molecular weight excluding hydrogens is 408 g/mol. The number of benzene rings is 1. The molecule has 9 nitrogen and oxygen atoms in total. The predicted molar refractivity (Wildman–Crippen MR) is 128 cm³/mol. The van der Waals surface area contributed by atoms with Crippen LogP contribution in [0.4, 0.5) is 23.1 Å². The molecule has 32 heavy (non-hydrogen) atoms. The molecule has 1 N–H and O–H groups in total. The molecule has 0 aliphatic heterocycles. The quantitative estimate of drug-likeness (QED) is 0.312. The second-order valence-electron chi connectivity index (χ2n) is 7.22. The maximum absolute atomic E-state index is 5.83. The molecule has 0 atom stereocenters. The highest BCUT2D eigenvalue weighted by Crippen LogP contribution is 2.36. The Bertz CT molecular complexity index is 829. The summed E-state index contributed by atoms with van der Waals surface area (Å²) in [4.78, 5) is 11.3. The van der Waals surface area contributed by atoms with Gasteiger partial charge in [0.2, 0.25) is 11.8 Å². The van der Waals surface area contributed by atoms with Gasteiger partial charge >= 0.3 is 0 Å². The first-order valence-electron chi connectivity index (χ1n) is 11.1. The first kappa shape index (κ1) is 25.5. The van der Waals surface area contributed by atoms with Crippen molar-refractivity contribution in [3.05, 3.63) is 29.8 Å². The molecule has 0 aliphatic carbocycles. The van der Waals surface area contributed by atoms with E-state index in [1.54, 1.807) is 14.2 Å². The molecule has 1 aromatic heterocycles. The van der Waals surface area contributed by atoms with Crippen molar-refractivity contribution in [3.63, 3.8) is 0 Å². The summed E-state index contributed by atoms with van der Waals surface area (Å²) in [5, 5.41) is 12.2. The first-order chi connectivity index (χ1) is 15.6. The highest BCUT2D eigenvalue weighted by Gasteiger charge is 2.18. The van der Waals surface area contributed by atoms with E-state index in [4.69, 9.17) is 19.2 Å². The number of ether oxygens (including phenoxy) is 3. The number of anilines is 2. The van der Waals surface area contributed by atoms with Crippen LogP contribution in [0.15, 0.2) is 34.5 Å². The number of azo groups is 1. The van der Waals surface area contributed by atoms with Crippen LogP contribution >= 0.6 is 0 Å². The molecule has 0 saturated carbocycles. The smallest absolute Gasteiger partial charge is 0.249 e. The fourth-order valence-corrected chi connectivity index (χ4v) is 2.92. The Balaban J connectivity index is 2.36. The van der Waals surface area contributed by atoms with Crippen LogP contribution in [-0.2, 0) is 15.9 Å². The average molecular weight is 445 g/mol. The average Bonchev–Trinajstić information content (AvgIpc) is 2.81. The number of aryl methyl sites for hydroxylation is 1. The van der Waals surface area contributed by atoms with Gasteiger partial charge in [0, 0.05) is 47.6 Å². The van der Waals surface area contributed by atoms with Gasteiger partial charge in [0.15, 0.2) is 11.5 Å². The highest BCUT2D eigenvalue weighted by atomic mass is 16.5. The third kappa shape index (κ3) is 8.05. The summed E-state index contributed by atoms with van der Waals surface area (Å²) in [6.07, 6.45) is 2.68. The van der Waals surface area contributed by atoms with Crippen LogP contribution < -0.4 is 15.0 Å². The molecule has 0 saturated heterocycles. The molecule has 9 heteroatoms. The molecule has 0 radical (unpaired) electrons. The highest BCUT2D eigenvalue weighted by molar-refractivity contribution is 5.68. The fourth-order valence-electron chi connectivity index (χ4n) is 2.92. The van der Waals surface area contributed by atoms with E-state index in [2.05, 4.69) is 39.6 Å². The van der Waals surface area contributed by atoms with Gasteiger partial charge in [0.1, 0.15) is 0 Å². The molecule has 0 aliphatic rings. The van der Waals surface area contributed by atoms with Crippen LogP contribution in [0.2, 0.25) is 0 Å². The van der Waals surface area contributed by atoms with Crippen molar-refractivity contribution < 1.29 is 14.2 Å². The third-order valence-electron chi connectivity index (χ3n) is 4.73. The number of rotatable bonds is 15. The van der Waals surface area contributed by atoms with Gasteiger partial charge in [0.25, 0.3) is 0 Å². The number of nitrogens with one attached hydrogen (secondary N) is 1. The van der Waals surface area contributed by atoms with E-state index in [-0.39, 0.29) is 0 Å². The molecule has 2 rings (SSSR count). The van der Waals surface area contributed by atoms with Gasteiger partial charge in [0.05, 0.1) is 12.3 Å². The summed E-state index contributed by atoms with van der Waals surface area (Å²) in [6.45, 7) is 7.26. The fraction of sp³-hybridized carbons (Fsp3) is 0.565. The van der Waals surface area contributed by atoms with E-state index < -0.39 is 0 Å². The van der Waals surface area contributed by atoms with Crippen molar-refractivity contribution in [2.75, 3.05) is 64.4 Å². The second kappa shape index (κ2) is 14.3. The molecule has 0 amide bonds. The monoisotopic (exact) mass is 444 g/mol. The van der Waals surface area contributed by atoms with Gasteiger partial charge in [-0.2, -0.15) is 15.1 Å². The lowest BCUT2D eigenvalue weighted by Crippen LogP contribution is -2.23. The van der Waals surface area contributed by atoms with Crippen LogP contribution in [0.1, 0.15) is 32.3 Å². The van der Waals surface area contributed by atoms with Gasteiger partial charge in [-0.25, -0.2) is 0 Å². The number of hydrogen-bond acceptors (Lipinski definition) is 9. The summed E-state index contributed by atoms with van der Waals surface area (Å²) in [5.74, 6) is 1.55. The molecule has 1 aromatic carbocycles. The molecule has 0 fully saturated rings. The van der Waals surface area contributed by atoms with Crippen LogP contribution in [-0.4, -0.2) is 64.1 Å². The van der Waals surface area contributed by atoms with Crippen LogP contribution in [0.3, 0.4) is 0 Å². The van der Waals surface area contributed by atoms with Gasteiger partial charge in [-0.1, -0.05) is 19.1 Å². The molecule has 1 heterocycles. The Hall–Kier alpha value is -2.78. The molecule has 2 aromatic rings. The zero-order valence-electron chi connectivity index (χ0n) is 19.9. The Labute approximate surface area is 191 Å². The largest absolute Gasteiger partial charge is 0.476 e. The lowest BCUT2D eigenvalue weighted by molar-refractivity contribution is 0.196. The Morgan fingerprint density at radius 3 is 2.34 bits per heavy atom. The van der Waals surface area contributed by atoms with E-state index in [1.807, 2.05) is 31.0 Å².